The highest BCUT2D eigenvalue weighted by molar-refractivity contribution is 5.87. The van der Waals surface area contributed by atoms with Crippen LogP contribution in [0.15, 0.2) is 18.2 Å². The molecule has 1 amide bonds. The van der Waals surface area contributed by atoms with Gasteiger partial charge in [-0.15, -0.1) is 12.4 Å². The maximum atomic E-state index is 13.0. The Hall–Kier alpha value is -1.46. The maximum absolute atomic E-state index is 13.0. The molecule has 0 saturated carbocycles. The number of methoxy groups -OCH3 is 2. The molecule has 1 aliphatic heterocycles. The first-order valence-corrected chi connectivity index (χ1v) is 8.13. The van der Waals surface area contributed by atoms with Crippen molar-refractivity contribution < 1.29 is 14.3 Å². The molecule has 0 unspecified atom stereocenters. The van der Waals surface area contributed by atoms with E-state index >= 15 is 0 Å². The standard InChI is InChI=1S/C18H28N2O3.ClH/c1-18(2,13-6-7-15(22-4)16(12-13)23-5)17(21)20-10-8-14(19-3)9-11-20;/h6-7,12,14,19H,8-11H2,1-5H3;1H. The molecule has 0 radical (unpaired) electrons. The summed E-state index contributed by atoms with van der Waals surface area (Å²) in [6, 6.07) is 6.22. The normalized spacial score (nSPS) is 15.6. The second kappa shape index (κ2) is 8.58. The van der Waals surface area contributed by atoms with Crippen molar-refractivity contribution >= 4 is 18.3 Å². The van der Waals surface area contributed by atoms with Gasteiger partial charge in [-0.3, -0.25) is 4.79 Å². The molecule has 1 aromatic carbocycles. The Morgan fingerprint density at radius 3 is 2.25 bits per heavy atom. The van der Waals surface area contributed by atoms with Crippen LogP contribution in [-0.2, 0) is 10.2 Å². The van der Waals surface area contributed by atoms with Gasteiger partial charge in [-0.25, -0.2) is 0 Å². The first-order valence-electron chi connectivity index (χ1n) is 8.13. The number of nitrogens with zero attached hydrogens (tertiary/aromatic N) is 1. The van der Waals surface area contributed by atoms with Crippen molar-refractivity contribution in [2.45, 2.75) is 38.1 Å². The lowest BCUT2D eigenvalue weighted by Gasteiger charge is -2.37. The first-order chi connectivity index (χ1) is 10.9. The van der Waals surface area contributed by atoms with Crippen LogP contribution in [-0.4, -0.2) is 51.2 Å². The molecule has 0 aromatic heterocycles. The smallest absolute Gasteiger partial charge is 0.232 e. The van der Waals surface area contributed by atoms with Crippen LogP contribution in [0.5, 0.6) is 11.5 Å². The minimum atomic E-state index is -0.591. The van der Waals surface area contributed by atoms with Gasteiger partial charge in [0.1, 0.15) is 0 Å². The van der Waals surface area contributed by atoms with Crippen molar-refractivity contribution in [3.8, 4) is 11.5 Å². The highest BCUT2D eigenvalue weighted by atomic mass is 35.5. The van der Waals surface area contributed by atoms with E-state index in [1.165, 1.54) is 0 Å². The summed E-state index contributed by atoms with van der Waals surface area (Å²) in [5, 5.41) is 3.29. The average Bonchev–Trinajstić information content (AvgIpc) is 2.60. The number of rotatable bonds is 5. The van der Waals surface area contributed by atoms with Crippen LogP contribution in [0.25, 0.3) is 0 Å². The molecule has 24 heavy (non-hydrogen) atoms. The van der Waals surface area contributed by atoms with Crippen LogP contribution in [0.1, 0.15) is 32.3 Å². The van der Waals surface area contributed by atoms with Crippen LogP contribution in [0, 0.1) is 0 Å². The Morgan fingerprint density at radius 2 is 1.75 bits per heavy atom. The number of likely N-dealkylation sites (tertiary alicyclic amines) is 1. The predicted molar refractivity (Wildman–Crippen MR) is 98.5 cm³/mol. The van der Waals surface area contributed by atoms with Gasteiger partial charge in [0.15, 0.2) is 11.5 Å². The first kappa shape index (κ1) is 20.6. The maximum Gasteiger partial charge on any atom is 0.232 e. The lowest BCUT2D eigenvalue weighted by Crippen LogP contribution is -2.49. The van der Waals surface area contributed by atoms with Gasteiger partial charge in [0.05, 0.1) is 19.6 Å². The molecule has 0 atom stereocenters. The monoisotopic (exact) mass is 356 g/mol. The molecule has 1 N–H and O–H groups in total. The number of nitrogens with one attached hydrogen (secondary N) is 1. The molecule has 0 spiro atoms. The topological polar surface area (TPSA) is 50.8 Å². The SMILES string of the molecule is CNC1CCN(C(=O)C(C)(C)c2ccc(OC)c(OC)c2)CC1.Cl. The fraction of sp³-hybridized carbons (Fsp3) is 0.611. The molecule has 1 aliphatic rings. The van der Waals surface area contributed by atoms with Gasteiger partial charge < -0.3 is 19.7 Å². The van der Waals surface area contributed by atoms with E-state index in [-0.39, 0.29) is 18.3 Å². The number of piperidine rings is 1. The summed E-state index contributed by atoms with van der Waals surface area (Å²) < 4.78 is 10.6. The van der Waals surface area contributed by atoms with E-state index in [0.29, 0.717) is 17.5 Å². The molecule has 1 heterocycles. The zero-order chi connectivity index (χ0) is 17.0. The predicted octanol–water partition coefficient (Wildman–Crippen LogP) is 2.61. The van der Waals surface area contributed by atoms with Gasteiger partial charge in [-0.1, -0.05) is 6.07 Å². The largest absolute Gasteiger partial charge is 0.493 e. The number of carbonyl (C=O) groups is 1. The molecule has 1 fully saturated rings. The summed E-state index contributed by atoms with van der Waals surface area (Å²) in [4.78, 5) is 15.0. The average molecular weight is 357 g/mol. The Morgan fingerprint density at radius 1 is 1.17 bits per heavy atom. The summed E-state index contributed by atoms with van der Waals surface area (Å²) in [5.41, 5.74) is 0.349. The van der Waals surface area contributed by atoms with Crippen molar-refractivity contribution in [3.63, 3.8) is 0 Å². The second-order valence-electron chi connectivity index (χ2n) is 6.55. The third kappa shape index (κ3) is 4.14. The van der Waals surface area contributed by atoms with Crippen molar-refractivity contribution in [2.75, 3.05) is 34.4 Å². The van der Waals surface area contributed by atoms with Crippen molar-refractivity contribution in [1.82, 2.24) is 10.2 Å². The highest BCUT2D eigenvalue weighted by Crippen LogP contribution is 2.34. The van der Waals surface area contributed by atoms with Gasteiger partial charge in [-0.2, -0.15) is 0 Å². The van der Waals surface area contributed by atoms with E-state index in [9.17, 15) is 4.79 Å². The summed E-state index contributed by atoms with van der Waals surface area (Å²) >= 11 is 0. The minimum absolute atomic E-state index is 0. The highest BCUT2D eigenvalue weighted by Gasteiger charge is 2.35. The van der Waals surface area contributed by atoms with E-state index in [1.807, 2.05) is 44.0 Å². The Labute approximate surface area is 151 Å². The van der Waals surface area contributed by atoms with E-state index in [2.05, 4.69) is 5.32 Å². The Bertz CT molecular complexity index is 555. The van der Waals surface area contributed by atoms with Gasteiger partial charge in [0, 0.05) is 19.1 Å². The molecule has 0 bridgehead atoms. The van der Waals surface area contributed by atoms with Crippen LogP contribution >= 0.6 is 12.4 Å². The van der Waals surface area contributed by atoms with Crippen LogP contribution in [0.3, 0.4) is 0 Å². The Balaban J connectivity index is 0.00000288. The zero-order valence-electron chi connectivity index (χ0n) is 15.2. The third-order valence-electron chi connectivity index (χ3n) is 4.83. The number of ether oxygens (including phenoxy) is 2. The molecule has 2 rings (SSSR count). The van der Waals surface area contributed by atoms with E-state index < -0.39 is 5.41 Å². The second-order valence-corrected chi connectivity index (χ2v) is 6.55. The van der Waals surface area contributed by atoms with Gasteiger partial charge in [0.25, 0.3) is 0 Å². The zero-order valence-corrected chi connectivity index (χ0v) is 16.0. The third-order valence-corrected chi connectivity index (χ3v) is 4.83. The fourth-order valence-electron chi connectivity index (χ4n) is 3.11. The summed E-state index contributed by atoms with van der Waals surface area (Å²) in [6.45, 7) is 5.56. The lowest BCUT2D eigenvalue weighted by molar-refractivity contribution is -0.137. The molecule has 1 aromatic rings. The fourth-order valence-corrected chi connectivity index (χ4v) is 3.11. The van der Waals surface area contributed by atoms with E-state index in [0.717, 1.165) is 31.5 Å². The van der Waals surface area contributed by atoms with Gasteiger partial charge in [0.2, 0.25) is 5.91 Å². The summed E-state index contributed by atoms with van der Waals surface area (Å²) in [6.07, 6.45) is 2.01. The molecule has 1 saturated heterocycles. The summed E-state index contributed by atoms with van der Waals surface area (Å²) in [5.74, 6) is 1.49. The molecule has 0 aliphatic carbocycles. The lowest BCUT2D eigenvalue weighted by atomic mass is 9.82. The van der Waals surface area contributed by atoms with Gasteiger partial charge in [-0.05, 0) is 51.4 Å². The Kier molecular flexibility index (Phi) is 7.36. The minimum Gasteiger partial charge on any atom is -0.493 e. The number of halogens is 1. The van der Waals surface area contributed by atoms with Crippen LogP contribution < -0.4 is 14.8 Å². The number of benzene rings is 1. The van der Waals surface area contributed by atoms with E-state index in [1.54, 1.807) is 14.2 Å². The van der Waals surface area contributed by atoms with Crippen LogP contribution in [0.2, 0.25) is 0 Å². The summed E-state index contributed by atoms with van der Waals surface area (Å²) in [7, 11) is 5.20. The van der Waals surface area contributed by atoms with Gasteiger partial charge >= 0.3 is 0 Å². The van der Waals surface area contributed by atoms with E-state index in [4.69, 9.17) is 9.47 Å². The van der Waals surface area contributed by atoms with Crippen molar-refractivity contribution in [1.29, 1.82) is 0 Å². The van der Waals surface area contributed by atoms with Crippen molar-refractivity contribution in [2.24, 2.45) is 0 Å². The van der Waals surface area contributed by atoms with Crippen LogP contribution in [0.4, 0.5) is 0 Å². The number of hydrogen-bond acceptors (Lipinski definition) is 4. The number of carbonyl (C=O) groups excluding carboxylic acids is 1. The molecular weight excluding hydrogens is 328 g/mol. The molecule has 136 valence electrons. The molecular formula is C18H29ClN2O3. The number of amides is 1. The molecule has 5 nitrogen and oxygen atoms in total. The number of hydrogen-bond donors (Lipinski definition) is 1. The quantitative estimate of drug-likeness (QED) is 0.881. The molecule has 6 heteroatoms. The van der Waals surface area contributed by atoms with Crippen molar-refractivity contribution in [3.05, 3.63) is 23.8 Å².